The number of ether oxygens (including phenoxy) is 1. The first-order valence-corrected chi connectivity index (χ1v) is 9.47. The Morgan fingerprint density at radius 2 is 1.86 bits per heavy atom. The van der Waals surface area contributed by atoms with Gasteiger partial charge in [-0.05, 0) is 49.1 Å². The molecular formula is C21H25N3O4. The van der Waals surface area contributed by atoms with E-state index in [0.717, 1.165) is 29.8 Å². The Kier molecular flexibility index (Phi) is 6.47. The Labute approximate surface area is 164 Å². The third-order valence-corrected chi connectivity index (χ3v) is 4.79. The number of carbonyl (C=O) groups is 1. The number of non-ortho nitro benzene ring substituents is 1. The number of nitrogens with one attached hydrogen (secondary N) is 1. The number of amides is 1. The highest BCUT2D eigenvalue weighted by molar-refractivity contribution is 5.77. The topological polar surface area (TPSA) is 84.7 Å². The predicted molar refractivity (Wildman–Crippen MR) is 107 cm³/mol. The highest BCUT2D eigenvalue weighted by Gasteiger charge is 2.32. The van der Waals surface area contributed by atoms with Crippen LogP contribution in [0.5, 0.6) is 5.75 Å². The first kappa shape index (κ1) is 19.7. The number of nitrogens with zero attached hydrogens (tertiary/aromatic N) is 2. The molecule has 1 aliphatic rings. The van der Waals surface area contributed by atoms with Crippen molar-refractivity contribution in [2.45, 2.75) is 38.3 Å². The van der Waals surface area contributed by atoms with Gasteiger partial charge in [-0.3, -0.25) is 14.9 Å². The van der Waals surface area contributed by atoms with Crippen molar-refractivity contribution in [3.63, 3.8) is 0 Å². The van der Waals surface area contributed by atoms with Crippen LogP contribution in [0.1, 0.15) is 31.2 Å². The minimum atomic E-state index is -0.419. The van der Waals surface area contributed by atoms with Gasteiger partial charge in [0.1, 0.15) is 5.75 Å². The molecule has 7 heteroatoms. The molecule has 3 rings (SSSR count). The number of hydrogen-bond acceptors (Lipinski definition) is 5. The molecule has 1 amide bonds. The predicted octanol–water partition coefficient (Wildman–Crippen LogP) is 3.99. The van der Waals surface area contributed by atoms with E-state index >= 15 is 0 Å². The Bertz CT molecular complexity index is 801. The molecule has 7 nitrogen and oxygen atoms in total. The summed E-state index contributed by atoms with van der Waals surface area (Å²) in [6, 6.07) is 14.5. The van der Waals surface area contributed by atoms with Crippen LogP contribution in [0.4, 0.5) is 11.4 Å². The van der Waals surface area contributed by atoms with Crippen molar-refractivity contribution in [2.24, 2.45) is 0 Å². The molecule has 0 aromatic heterocycles. The molecule has 1 aliphatic carbocycles. The molecule has 0 radical (unpaired) electrons. The van der Waals surface area contributed by atoms with Gasteiger partial charge in [-0.2, -0.15) is 0 Å². The van der Waals surface area contributed by atoms with E-state index in [1.165, 1.54) is 12.1 Å². The van der Waals surface area contributed by atoms with Crippen LogP contribution in [0, 0.1) is 10.1 Å². The van der Waals surface area contributed by atoms with Gasteiger partial charge in [-0.25, -0.2) is 0 Å². The number of nitro groups is 1. The van der Waals surface area contributed by atoms with E-state index in [9.17, 15) is 14.9 Å². The van der Waals surface area contributed by atoms with Crippen molar-refractivity contribution in [3.8, 4) is 5.75 Å². The molecule has 1 fully saturated rings. The van der Waals surface area contributed by atoms with Gasteiger partial charge < -0.3 is 15.0 Å². The van der Waals surface area contributed by atoms with Crippen LogP contribution in [0.3, 0.4) is 0 Å². The molecule has 1 saturated carbocycles. The van der Waals surface area contributed by atoms with Gasteiger partial charge in [-0.1, -0.05) is 12.1 Å². The van der Waals surface area contributed by atoms with Crippen molar-refractivity contribution in [3.05, 3.63) is 64.2 Å². The van der Waals surface area contributed by atoms with Crippen LogP contribution >= 0.6 is 0 Å². The van der Waals surface area contributed by atoms with Gasteiger partial charge in [0.15, 0.2) is 0 Å². The quantitative estimate of drug-likeness (QED) is 0.381. The Hall–Kier alpha value is -3.09. The summed E-state index contributed by atoms with van der Waals surface area (Å²) in [5, 5.41) is 13.9. The Balaban J connectivity index is 1.45. The number of anilines is 1. The van der Waals surface area contributed by atoms with E-state index in [1.807, 2.05) is 29.2 Å². The van der Waals surface area contributed by atoms with Gasteiger partial charge in [0, 0.05) is 43.4 Å². The maximum absolute atomic E-state index is 12.7. The second-order valence-corrected chi connectivity index (χ2v) is 6.94. The monoisotopic (exact) mass is 383 g/mol. The van der Waals surface area contributed by atoms with Crippen LogP contribution in [0.15, 0.2) is 48.5 Å². The summed E-state index contributed by atoms with van der Waals surface area (Å²) in [5.41, 5.74) is 1.99. The number of benzene rings is 2. The van der Waals surface area contributed by atoms with Crippen molar-refractivity contribution in [1.29, 1.82) is 0 Å². The van der Waals surface area contributed by atoms with Crippen LogP contribution in [-0.4, -0.2) is 35.4 Å². The highest BCUT2D eigenvalue weighted by Crippen LogP contribution is 2.29. The van der Waals surface area contributed by atoms with E-state index in [2.05, 4.69) is 5.32 Å². The van der Waals surface area contributed by atoms with E-state index in [4.69, 9.17) is 4.74 Å². The van der Waals surface area contributed by atoms with Gasteiger partial charge in [0.25, 0.3) is 5.69 Å². The van der Waals surface area contributed by atoms with E-state index in [0.29, 0.717) is 32.0 Å². The van der Waals surface area contributed by atoms with Crippen molar-refractivity contribution in [2.75, 3.05) is 19.0 Å². The average Bonchev–Trinajstić information content (AvgIpc) is 3.55. The number of carbonyl (C=O) groups excluding carboxylic acids is 1. The molecule has 0 spiro atoms. The molecule has 28 heavy (non-hydrogen) atoms. The fourth-order valence-corrected chi connectivity index (χ4v) is 3.05. The zero-order valence-corrected chi connectivity index (χ0v) is 16.0. The molecule has 148 valence electrons. The molecule has 0 unspecified atom stereocenters. The van der Waals surface area contributed by atoms with E-state index < -0.39 is 4.92 Å². The maximum atomic E-state index is 12.7. The lowest BCUT2D eigenvalue weighted by Crippen LogP contribution is -2.32. The van der Waals surface area contributed by atoms with E-state index in [1.54, 1.807) is 19.2 Å². The fourth-order valence-electron chi connectivity index (χ4n) is 3.05. The van der Waals surface area contributed by atoms with Gasteiger partial charge >= 0.3 is 0 Å². The molecule has 0 heterocycles. The average molecular weight is 383 g/mol. The summed E-state index contributed by atoms with van der Waals surface area (Å²) in [5.74, 6) is 0.981. The summed E-state index contributed by atoms with van der Waals surface area (Å²) in [6.45, 7) is 1.27. The van der Waals surface area contributed by atoms with Gasteiger partial charge in [0.05, 0.1) is 12.0 Å². The van der Waals surface area contributed by atoms with Gasteiger partial charge in [-0.15, -0.1) is 0 Å². The molecule has 0 aliphatic heterocycles. The third-order valence-electron chi connectivity index (χ3n) is 4.79. The molecule has 0 saturated heterocycles. The van der Waals surface area contributed by atoms with Crippen LogP contribution < -0.4 is 10.1 Å². The SMILES string of the molecule is COc1ccc(CN(C(=O)CCCNc2ccc([N+](=O)[O-])cc2)C2CC2)cc1. The van der Waals surface area contributed by atoms with Crippen molar-refractivity contribution in [1.82, 2.24) is 4.90 Å². The smallest absolute Gasteiger partial charge is 0.269 e. The lowest BCUT2D eigenvalue weighted by atomic mass is 10.2. The van der Waals surface area contributed by atoms with Crippen LogP contribution in [0.2, 0.25) is 0 Å². The summed E-state index contributed by atoms with van der Waals surface area (Å²) >= 11 is 0. The maximum Gasteiger partial charge on any atom is 0.269 e. The summed E-state index contributed by atoms with van der Waals surface area (Å²) in [4.78, 5) is 24.9. The summed E-state index contributed by atoms with van der Waals surface area (Å²) in [7, 11) is 1.64. The lowest BCUT2D eigenvalue weighted by molar-refractivity contribution is -0.384. The van der Waals surface area contributed by atoms with Crippen molar-refractivity contribution < 1.29 is 14.5 Å². The summed E-state index contributed by atoms with van der Waals surface area (Å²) in [6.07, 6.45) is 3.33. The first-order chi connectivity index (χ1) is 13.6. The molecule has 0 bridgehead atoms. The molecule has 2 aromatic carbocycles. The Morgan fingerprint density at radius 1 is 1.18 bits per heavy atom. The highest BCUT2D eigenvalue weighted by atomic mass is 16.6. The third kappa shape index (κ3) is 5.45. The molecular weight excluding hydrogens is 358 g/mol. The number of hydrogen-bond donors (Lipinski definition) is 1. The van der Waals surface area contributed by atoms with E-state index in [-0.39, 0.29) is 11.6 Å². The van der Waals surface area contributed by atoms with Crippen LogP contribution in [0.25, 0.3) is 0 Å². The molecule has 0 atom stereocenters. The molecule has 2 aromatic rings. The molecule has 1 N–H and O–H groups in total. The minimum absolute atomic E-state index is 0.0688. The standard InChI is InChI=1S/C21H25N3O4/c1-28-20-12-4-16(5-13-20)15-23(18-10-11-18)21(25)3-2-14-22-17-6-8-19(9-7-17)24(26)27/h4-9,12-13,18,22H,2-3,10-11,14-15H2,1H3. The Morgan fingerprint density at radius 3 is 2.43 bits per heavy atom. The zero-order valence-electron chi connectivity index (χ0n) is 16.0. The summed E-state index contributed by atoms with van der Waals surface area (Å²) < 4.78 is 5.18. The first-order valence-electron chi connectivity index (χ1n) is 9.47. The van der Waals surface area contributed by atoms with Crippen molar-refractivity contribution >= 4 is 17.3 Å². The fraction of sp³-hybridized carbons (Fsp3) is 0.381. The van der Waals surface area contributed by atoms with Gasteiger partial charge in [0.2, 0.25) is 5.91 Å². The lowest BCUT2D eigenvalue weighted by Gasteiger charge is -2.23. The second kappa shape index (κ2) is 9.21. The largest absolute Gasteiger partial charge is 0.497 e. The van der Waals surface area contributed by atoms with Crippen LogP contribution in [-0.2, 0) is 11.3 Å². The number of rotatable bonds is 10. The minimum Gasteiger partial charge on any atom is -0.497 e. The normalized spacial score (nSPS) is 13.0. The number of nitro benzene ring substituents is 1. The zero-order chi connectivity index (χ0) is 19.9. The number of methoxy groups -OCH3 is 1. The second-order valence-electron chi connectivity index (χ2n) is 6.94.